The second-order valence-corrected chi connectivity index (χ2v) is 9.64. The van der Waals surface area contributed by atoms with Gasteiger partial charge in [-0.15, -0.1) is 0 Å². The Morgan fingerprint density at radius 3 is 2.22 bits per heavy atom. The van der Waals surface area contributed by atoms with Gasteiger partial charge in [-0.3, -0.25) is 4.79 Å². The maximum Gasteiger partial charge on any atom is 0.338 e. The van der Waals surface area contributed by atoms with Crippen LogP contribution in [0.4, 0.5) is 0 Å². The fraction of sp³-hybridized carbons (Fsp3) is 0.481. The van der Waals surface area contributed by atoms with Crippen LogP contribution in [0.25, 0.3) is 0 Å². The van der Waals surface area contributed by atoms with Crippen LogP contribution in [0.3, 0.4) is 0 Å². The van der Waals surface area contributed by atoms with Gasteiger partial charge in [-0.05, 0) is 59.6 Å². The quantitative estimate of drug-likeness (QED) is 0.560. The Morgan fingerprint density at radius 1 is 0.938 bits per heavy atom. The lowest BCUT2D eigenvalue weighted by Gasteiger charge is -2.21. The lowest BCUT2D eigenvalue weighted by Crippen LogP contribution is -2.33. The number of rotatable bonds is 8. The summed E-state index contributed by atoms with van der Waals surface area (Å²) < 4.78 is 11.0. The predicted molar refractivity (Wildman–Crippen MR) is 126 cm³/mol. The molecule has 3 rings (SSSR count). The lowest BCUT2D eigenvalue weighted by atomic mass is 9.87. The summed E-state index contributed by atoms with van der Waals surface area (Å²) in [5, 5.41) is 2.88. The first-order valence-electron chi connectivity index (χ1n) is 11.6. The molecule has 172 valence electrons. The third-order valence-corrected chi connectivity index (χ3v) is 5.96. The third-order valence-electron chi connectivity index (χ3n) is 5.96. The van der Waals surface area contributed by atoms with Gasteiger partial charge in [-0.25, -0.2) is 4.79 Å². The number of hydrogen-bond donors (Lipinski definition) is 1. The first-order valence-corrected chi connectivity index (χ1v) is 11.6. The molecule has 0 heterocycles. The van der Waals surface area contributed by atoms with Gasteiger partial charge in [0.25, 0.3) is 5.91 Å². The summed E-state index contributed by atoms with van der Waals surface area (Å²) in [5.74, 6) is 0.616. The van der Waals surface area contributed by atoms with Crippen molar-refractivity contribution in [3.63, 3.8) is 0 Å². The highest BCUT2D eigenvalue weighted by atomic mass is 16.5. The molecule has 32 heavy (non-hydrogen) atoms. The Kier molecular flexibility index (Phi) is 8.32. The van der Waals surface area contributed by atoms with E-state index in [1.807, 2.05) is 24.3 Å². The number of hydrogen-bond acceptors (Lipinski definition) is 4. The number of benzene rings is 2. The summed E-state index contributed by atoms with van der Waals surface area (Å²) in [5.41, 5.74) is 2.74. The molecule has 0 unspecified atom stereocenters. The number of carbonyl (C=O) groups is 2. The average Bonchev–Trinajstić information content (AvgIpc) is 2.80. The molecule has 1 aliphatic rings. The molecule has 0 bridgehead atoms. The molecule has 5 heteroatoms. The van der Waals surface area contributed by atoms with Gasteiger partial charge < -0.3 is 14.8 Å². The highest BCUT2D eigenvalue weighted by molar-refractivity contribution is 5.91. The molecular weight excluding hydrogens is 402 g/mol. The number of nitrogens with one attached hydrogen (secondary N) is 1. The Morgan fingerprint density at radius 2 is 1.59 bits per heavy atom. The van der Waals surface area contributed by atoms with Crippen LogP contribution < -0.4 is 10.1 Å². The van der Waals surface area contributed by atoms with E-state index in [0.29, 0.717) is 24.6 Å². The van der Waals surface area contributed by atoms with Crippen LogP contribution >= 0.6 is 0 Å². The highest BCUT2D eigenvalue weighted by Crippen LogP contribution is 2.25. The van der Waals surface area contributed by atoms with Crippen molar-refractivity contribution in [2.45, 2.75) is 64.9 Å². The molecule has 0 aromatic heterocycles. The first kappa shape index (κ1) is 23.8. The van der Waals surface area contributed by atoms with Crippen molar-refractivity contribution in [2.75, 3.05) is 13.2 Å². The minimum Gasteiger partial charge on any atom is -0.489 e. The van der Waals surface area contributed by atoms with Gasteiger partial charge in [0.15, 0.2) is 6.61 Å². The first-order chi connectivity index (χ1) is 15.3. The van der Waals surface area contributed by atoms with E-state index in [2.05, 4.69) is 38.2 Å². The molecule has 0 spiro atoms. The summed E-state index contributed by atoms with van der Waals surface area (Å²) in [7, 11) is 0. The monoisotopic (exact) mass is 437 g/mol. The van der Waals surface area contributed by atoms with E-state index in [4.69, 9.17) is 9.47 Å². The molecular formula is C27H35NO4. The van der Waals surface area contributed by atoms with Gasteiger partial charge in [-0.1, -0.05) is 64.3 Å². The van der Waals surface area contributed by atoms with Gasteiger partial charge in [-0.2, -0.15) is 0 Å². The van der Waals surface area contributed by atoms with E-state index in [0.717, 1.165) is 11.3 Å². The van der Waals surface area contributed by atoms with Crippen molar-refractivity contribution in [3.05, 3.63) is 65.2 Å². The van der Waals surface area contributed by atoms with Crippen molar-refractivity contribution in [1.29, 1.82) is 0 Å². The zero-order chi connectivity index (χ0) is 23.0. The second kappa shape index (κ2) is 11.2. The standard InChI is InChI=1S/C27H35NO4/c1-27(2,3)23-13-15-24(16-14-23)31-18-21-9-11-22(12-10-21)26(30)32-19-25(29)28-17-20-7-5-4-6-8-20/h9-16,20H,4-8,17-19H2,1-3H3,(H,28,29). The van der Waals surface area contributed by atoms with Crippen LogP contribution in [0, 0.1) is 5.92 Å². The normalized spacial score (nSPS) is 14.6. The van der Waals surface area contributed by atoms with Gasteiger partial charge in [0.05, 0.1) is 5.56 Å². The Hall–Kier alpha value is -2.82. The van der Waals surface area contributed by atoms with E-state index in [9.17, 15) is 9.59 Å². The molecule has 0 aliphatic heterocycles. The van der Waals surface area contributed by atoms with Crippen molar-refractivity contribution < 1.29 is 19.1 Å². The molecule has 0 atom stereocenters. The minimum atomic E-state index is -0.497. The maximum atomic E-state index is 12.2. The molecule has 2 aromatic rings. The van der Waals surface area contributed by atoms with Crippen molar-refractivity contribution >= 4 is 11.9 Å². The van der Waals surface area contributed by atoms with E-state index >= 15 is 0 Å². The zero-order valence-corrected chi connectivity index (χ0v) is 19.5. The molecule has 1 aliphatic carbocycles. The summed E-state index contributed by atoms with van der Waals surface area (Å²) in [6.07, 6.45) is 6.09. The van der Waals surface area contributed by atoms with Crippen LogP contribution in [-0.4, -0.2) is 25.0 Å². The topological polar surface area (TPSA) is 64.6 Å². The number of ether oxygens (including phenoxy) is 2. The molecule has 0 radical (unpaired) electrons. The van der Waals surface area contributed by atoms with Crippen LogP contribution in [0.1, 0.15) is 74.4 Å². The summed E-state index contributed by atoms with van der Waals surface area (Å²) >= 11 is 0. The average molecular weight is 438 g/mol. The lowest BCUT2D eigenvalue weighted by molar-refractivity contribution is -0.124. The molecule has 1 saturated carbocycles. The maximum absolute atomic E-state index is 12.2. The summed E-state index contributed by atoms with van der Waals surface area (Å²) in [6.45, 7) is 7.37. The smallest absolute Gasteiger partial charge is 0.338 e. The third kappa shape index (κ3) is 7.40. The minimum absolute atomic E-state index is 0.110. The largest absolute Gasteiger partial charge is 0.489 e. The SMILES string of the molecule is CC(C)(C)c1ccc(OCc2ccc(C(=O)OCC(=O)NCC3CCCCC3)cc2)cc1. The van der Waals surface area contributed by atoms with Crippen molar-refractivity contribution in [2.24, 2.45) is 5.92 Å². The predicted octanol–water partition coefficient (Wildman–Crippen LogP) is 5.42. The van der Waals surface area contributed by atoms with E-state index < -0.39 is 5.97 Å². The van der Waals surface area contributed by atoms with Gasteiger partial charge in [0, 0.05) is 6.54 Å². The fourth-order valence-corrected chi connectivity index (χ4v) is 3.87. The molecule has 1 fully saturated rings. The van der Waals surface area contributed by atoms with Crippen LogP contribution in [-0.2, 0) is 21.6 Å². The fourth-order valence-electron chi connectivity index (χ4n) is 3.87. The Labute approximate surface area is 191 Å². The Bertz CT molecular complexity index is 875. The summed E-state index contributed by atoms with van der Waals surface area (Å²) in [6, 6.07) is 15.2. The van der Waals surface area contributed by atoms with Crippen molar-refractivity contribution in [3.8, 4) is 5.75 Å². The van der Waals surface area contributed by atoms with Gasteiger partial charge in [0.1, 0.15) is 12.4 Å². The van der Waals surface area contributed by atoms with Crippen LogP contribution in [0.5, 0.6) is 5.75 Å². The van der Waals surface area contributed by atoms with Crippen LogP contribution in [0.15, 0.2) is 48.5 Å². The van der Waals surface area contributed by atoms with E-state index in [1.165, 1.54) is 37.7 Å². The number of amides is 1. The molecule has 0 saturated heterocycles. The van der Waals surface area contributed by atoms with E-state index in [-0.39, 0.29) is 17.9 Å². The number of esters is 1. The second-order valence-electron chi connectivity index (χ2n) is 9.64. The molecule has 1 amide bonds. The highest BCUT2D eigenvalue weighted by Gasteiger charge is 2.16. The molecule has 1 N–H and O–H groups in total. The van der Waals surface area contributed by atoms with Crippen molar-refractivity contribution in [1.82, 2.24) is 5.32 Å². The molecule has 5 nitrogen and oxygen atoms in total. The Balaban J connectivity index is 1.40. The van der Waals surface area contributed by atoms with E-state index in [1.54, 1.807) is 12.1 Å². The molecule has 2 aromatic carbocycles. The summed E-state index contributed by atoms with van der Waals surface area (Å²) in [4.78, 5) is 24.2. The van der Waals surface area contributed by atoms with Gasteiger partial charge >= 0.3 is 5.97 Å². The van der Waals surface area contributed by atoms with Gasteiger partial charge in [0.2, 0.25) is 0 Å². The number of carbonyl (C=O) groups excluding carboxylic acids is 2. The zero-order valence-electron chi connectivity index (χ0n) is 19.5. The van der Waals surface area contributed by atoms with Crippen LogP contribution in [0.2, 0.25) is 0 Å².